The van der Waals surface area contributed by atoms with Crippen LogP contribution in [-0.2, 0) is 5.75 Å². The first kappa shape index (κ1) is 16.2. The third-order valence-electron chi connectivity index (χ3n) is 3.00. The second kappa shape index (κ2) is 7.25. The molecule has 23 heavy (non-hydrogen) atoms. The molecule has 5 nitrogen and oxygen atoms in total. The van der Waals surface area contributed by atoms with Crippen LogP contribution in [0.3, 0.4) is 0 Å². The molecule has 0 aliphatic heterocycles. The molecule has 0 spiro atoms. The van der Waals surface area contributed by atoms with Crippen LogP contribution in [0.5, 0.6) is 11.5 Å². The van der Waals surface area contributed by atoms with Crippen LogP contribution >= 0.6 is 34.7 Å². The van der Waals surface area contributed by atoms with Gasteiger partial charge in [-0.25, -0.2) is 0 Å². The van der Waals surface area contributed by atoms with Crippen LogP contribution < -0.4 is 9.47 Å². The summed E-state index contributed by atoms with van der Waals surface area (Å²) in [6.07, 6.45) is 0. The van der Waals surface area contributed by atoms with Gasteiger partial charge >= 0.3 is 0 Å². The fraction of sp³-hybridized carbons (Fsp3) is 0.200. The fourth-order valence-corrected chi connectivity index (χ4v) is 3.81. The Kier molecular flexibility index (Phi) is 5.09. The molecule has 0 N–H and O–H groups in total. The van der Waals surface area contributed by atoms with E-state index in [1.165, 1.54) is 11.8 Å². The van der Waals surface area contributed by atoms with E-state index in [9.17, 15) is 0 Å². The van der Waals surface area contributed by atoms with Crippen molar-refractivity contribution in [2.75, 3.05) is 14.2 Å². The number of benzene rings is 1. The molecule has 0 saturated carbocycles. The van der Waals surface area contributed by atoms with Crippen LogP contribution in [-0.4, -0.2) is 24.4 Å². The lowest BCUT2D eigenvalue weighted by Gasteiger charge is -2.07. The minimum Gasteiger partial charge on any atom is -0.493 e. The number of hydrogen-bond donors (Lipinski definition) is 0. The van der Waals surface area contributed by atoms with Gasteiger partial charge in [-0.1, -0.05) is 23.4 Å². The number of thioether (sulfide) groups is 1. The number of aromatic nitrogens is 2. The average molecular weight is 369 g/mol. The summed E-state index contributed by atoms with van der Waals surface area (Å²) in [5.41, 5.74) is 0.779. The highest BCUT2D eigenvalue weighted by molar-refractivity contribution is 7.98. The van der Waals surface area contributed by atoms with Gasteiger partial charge in [0.15, 0.2) is 11.5 Å². The smallest absolute Gasteiger partial charge is 0.277 e. The highest BCUT2D eigenvalue weighted by Crippen LogP contribution is 2.33. The monoisotopic (exact) mass is 368 g/mol. The van der Waals surface area contributed by atoms with Gasteiger partial charge in [0.05, 0.1) is 18.6 Å². The van der Waals surface area contributed by atoms with E-state index in [-0.39, 0.29) is 0 Å². The average Bonchev–Trinajstić information content (AvgIpc) is 3.21. The number of rotatable bonds is 6. The molecule has 0 bridgehead atoms. The first-order valence-corrected chi connectivity index (χ1v) is 8.80. The number of methoxy groups -OCH3 is 2. The summed E-state index contributed by atoms with van der Waals surface area (Å²) < 4.78 is 17.0. The van der Waals surface area contributed by atoms with Crippen LogP contribution in [0, 0.1) is 0 Å². The van der Waals surface area contributed by atoms with Crippen molar-refractivity contribution in [1.29, 1.82) is 0 Å². The van der Waals surface area contributed by atoms with Crippen molar-refractivity contribution >= 4 is 34.7 Å². The van der Waals surface area contributed by atoms with Gasteiger partial charge in [-0.05, 0) is 30.3 Å². The SMILES string of the molecule is COc1ccc(-c2nnc(SCc3ccc(Cl)s3)o2)cc1OC. The Labute approximate surface area is 146 Å². The summed E-state index contributed by atoms with van der Waals surface area (Å²) in [5, 5.41) is 8.65. The van der Waals surface area contributed by atoms with Crippen molar-refractivity contribution in [3.05, 3.63) is 39.5 Å². The predicted molar refractivity (Wildman–Crippen MR) is 91.7 cm³/mol. The third-order valence-corrected chi connectivity index (χ3v) is 5.28. The molecule has 2 heterocycles. The van der Waals surface area contributed by atoms with E-state index in [0.717, 1.165) is 20.5 Å². The molecular formula is C15H13ClN2O3S2. The molecule has 0 unspecified atom stereocenters. The van der Waals surface area contributed by atoms with Gasteiger partial charge < -0.3 is 13.9 Å². The highest BCUT2D eigenvalue weighted by atomic mass is 35.5. The van der Waals surface area contributed by atoms with Crippen molar-refractivity contribution < 1.29 is 13.9 Å². The van der Waals surface area contributed by atoms with Crippen LogP contribution in [0.15, 0.2) is 40.0 Å². The summed E-state index contributed by atoms with van der Waals surface area (Å²) in [6, 6.07) is 9.33. The number of halogens is 1. The lowest BCUT2D eigenvalue weighted by Crippen LogP contribution is -1.90. The summed E-state index contributed by atoms with van der Waals surface area (Å²) in [5.74, 6) is 2.45. The Morgan fingerprint density at radius 3 is 2.65 bits per heavy atom. The molecule has 0 aliphatic carbocycles. The molecule has 0 atom stereocenters. The molecule has 3 aromatic rings. The quantitative estimate of drug-likeness (QED) is 0.584. The standard InChI is InChI=1S/C15H13ClN2O3S2/c1-19-11-5-3-9(7-12(11)20-2)14-17-18-15(21-14)22-8-10-4-6-13(16)23-10/h3-7H,8H2,1-2H3. The van der Waals surface area contributed by atoms with E-state index < -0.39 is 0 Å². The summed E-state index contributed by atoms with van der Waals surface area (Å²) in [6.45, 7) is 0. The molecule has 3 rings (SSSR count). The molecule has 0 aliphatic rings. The number of hydrogen-bond acceptors (Lipinski definition) is 7. The number of nitrogens with zero attached hydrogens (tertiary/aromatic N) is 2. The fourth-order valence-electron chi connectivity index (χ4n) is 1.92. The Bertz CT molecular complexity index is 804. The van der Waals surface area contributed by atoms with E-state index in [0.29, 0.717) is 22.6 Å². The normalized spacial score (nSPS) is 10.7. The van der Waals surface area contributed by atoms with Crippen LogP contribution in [0.2, 0.25) is 4.34 Å². The summed E-state index contributed by atoms with van der Waals surface area (Å²) >= 11 is 8.93. The van der Waals surface area contributed by atoms with E-state index in [4.69, 9.17) is 25.5 Å². The zero-order valence-corrected chi connectivity index (χ0v) is 14.8. The van der Waals surface area contributed by atoms with Crippen molar-refractivity contribution in [2.45, 2.75) is 11.0 Å². The van der Waals surface area contributed by atoms with E-state index >= 15 is 0 Å². The topological polar surface area (TPSA) is 57.4 Å². The van der Waals surface area contributed by atoms with Crippen molar-refractivity contribution in [2.24, 2.45) is 0 Å². The molecule has 120 valence electrons. The Morgan fingerprint density at radius 2 is 1.96 bits per heavy atom. The molecule has 1 aromatic carbocycles. The van der Waals surface area contributed by atoms with Gasteiger partial charge in [-0.3, -0.25) is 0 Å². The minimum absolute atomic E-state index is 0.442. The maximum absolute atomic E-state index is 5.92. The zero-order chi connectivity index (χ0) is 16.2. The minimum atomic E-state index is 0.442. The first-order chi connectivity index (χ1) is 11.2. The van der Waals surface area contributed by atoms with Gasteiger partial charge in [-0.2, -0.15) is 0 Å². The van der Waals surface area contributed by atoms with Gasteiger partial charge in [0.25, 0.3) is 5.22 Å². The molecule has 2 aromatic heterocycles. The molecule has 8 heteroatoms. The molecule has 0 saturated heterocycles. The van der Waals surface area contributed by atoms with Gasteiger partial charge in [0.1, 0.15) is 0 Å². The summed E-state index contributed by atoms with van der Waals surface area (Å²) in [4.78, 5) is 1.16. The molecule has 0 radical (unpaired) electrons. The Hall–Kier alpha value is -1.70. The Morgan fingerprint density at radius 1 is 1.13 bits per heavy atom. The van der Waals surface area contributed by atoms with Crippen LogP contribution in [0.1, 0.15) is 4.88 Å². The highest BCUT2D eigenvalue weighted by Gasteiger charge is 2.13. The van der Waals surface area contributed by atoms with Crippen molar-refractivity contribution in [3.8, 4) is 23.0 Å². The molecule has 0 fully saturated rings. The van der Waals surface area contributed by atoms with Gasteiger partial charge in [0.2, 0.25) is 5.89 Å². The Balaban J connectivity index is 1.73. The maximum atomic E-state index is 5.92. The lowest BCUT2D eigenvalue weighted by atomic mass is 10.2. The van der Waals surface area contributed by atoms with Crippen LogP contribution in [0.4, 0.5) is 0 Å². The van der Waals surface area contributed by atoms with Gasteiger partial charge in [0, 0.05) is 16.2 Å². The zero-order valence-electron chi connectivity index (χ0n) is 12.4. The predicted octanol–water partition coefficient (Wildman–Crippen LogP) is 4.76. The van der Waals surface area contributed by atoms with E-state index in [1.807, 2.05) is 18.2 Å². The number of ether oxygens (including phenoxy) is 2. The lowest BCUT2D eigenvalue weighted by molar-refractivity contribution is 0.355. The second-order valence-electron chi connectivity index (χ2n) is 4.44. The van der Waals surface area contributed by atoms with E-state index in [1.54, 1.807) is 37.7 Å². The van der Waals surface area contributed by atoms with Gasteiger partial charge in [-0.15, -0.1) is 21.5 Å². The third kappa shape index (κ3) is 3.80. The number of thiophene rings is 1. The van der Waals surface area contributed by atoms with Crippen LogP contribution in [0.25, 0.3) is 11.5 Å². The second-order valence-corrected chi connectivity index (χ2v) is 7.16. The molecule has 0 amide bonds. The first-order valence-electron chi connectivity index (χ1n) is 6.62. The van der Waals surface area contributed by atoms with E-state index in [2.05, 4.69) is 10.2 Å². The largest absolute Gasteiger partial charge is 0.493 e. The van der Waals surface area contributed by atoms with Crippen molar-refractivity contribution in [1.82, 2.24) is 10.2 Å². The molecular weight excluding hydrogens is 356 g/mol. The van der Waals surface area contributed by atoms with Crippen molar-refractivity contribution in [3.63, 3.8) is 0 Å². The maximum Gasteiger partial charge on any atom is 0.277 e. The summed E-state index contributed by atoms with van der Waals surface area (Å²) in [7, 11) is 3.18.